The second kappa shape index (κ2) is 7.23. The first kappa shape index (κ1) is 18.6. The normalized spacial score (nSPS) is 11.9. The number of hydrogen-bond acceptors (Lipinski definition) is 2. The second-order valence-electron chi connectivity index (χ2n) is 7.77. The molecule has 138 valence electrons. The average Bonchev–Trinajstić information content (AvgIpc) is 2.59. The van der Waals surface area contributed by atoms with Gasteiger partial charge >= 0.3 is 0 Å². The number of anilines is 1. The third-order valence-electron chi connectivity index (χ3n) is 4.52. The van der Waals surface area contributed by atoms with Crippen molar-refractivity contribution < 1.29 is 4.79 Å². The molecule has 0 bridgehead atoms. The van der Waals surface area contributed by atoms with E-state index in [9.17, 15) is 9.59 Å². The van der Waals surface area contributed by atoms with Crippen LogP contribution in [0, 0.1) is 6.92 Å². The number of H-pyrrole nitrogens is 1. The maximum absolute atomic E-state index is 12.2. The smallest absolute Gasteiger partial charge is 0.248 e. The van der Waals surface area contributed by atoms with E-state index in [1.54, 1.807) is 18.2 Å². The summed E-state index contributed by atoms with van der Waals surface area (Å²) in [4.78, 5) is 26.6. The number of aryl methyl sites for hydroxylation is 1. The third kappa shape index (κ3) is 4.53. The molecule has 4 nitrogen and oxygen atoms in total. The largest absolute Gasteiger partial charge is 0.322 e. The monoisotopic (exact) mass is 360 g/mol. The SMILES string of the molecule is Cc1cc(=O)[nH]c2cc(NC(=O)C=Cc3ccc(C(C)(C)C)cc3)ccc12. The number of carbonyl (C=O) groups excluding carboxylic acids is 1. The summed E-state index contributed by atoms with van der Waals surface area (Å²) in [5.41, 5.74) is 4.43. The summed E-state index contributed by atoms with van der Waals surface area (Å²) in [6.07, 6.45) is 3.30. The molecule has 0 saturated heterocycles. The van der Waals surface area contributed by atoms with E-state index in [4.69, 9.17) is 0 Å². The van der Waals surface area contributed by atoms with Crippen molar-refractivity contribution in [2.75, 3.05) is 5.32 Å². The summed E-state index contributed by atoms with van der Waals surface area (Å²) in [6, 6.07) is 15.2. The summed E-state index contributed by atoms with van der Waals surface area (Å²) >= 11 is 0. The predicted molar refractivity (Wildman–Crippen MR) is 112 cm³/mol. The topological polar surface area (TPSA) is 62.0 Å². The van der Waals surface area contributed by atoms with Gasteiger partial charge < -0.3 is 10.3 Å². The van der Waals surface area contributed by atoms with Crippen molar-refractivity contribution in [3.8, 4) is 0 Å². The number of rotatable bonds is 3. The quantitative estimate of drug-likeness (QED) is 0.660. The van der Waals surface area contributed by atoms with Gasteiger partial charge in [0.05, 0.1) is 5.52 Å². The molecule has 0 atom stereocenters. The number of fused-ring (bicyclic) bond motifs is 1. The zero-order valence-corrected chi connectivity index (χ0v) is 16.1. The standard InChI is InChI=1S/C23H24N2O2/c1-15-13-22(27)25-20-14-18(10-11-19(15)20)24-21(26)12-7-16-5-8-17(9-6-16)23(2,3)4/h5-14H,1-4H3,(H,24,26)(H,25,27). The molecule has 3 rings (SSSR count). The molecule has 0 fully saturated rings. The van der Waals surface area contributed by atoms with Crippen LogP contribution in [-0.2, 0) is 10.2 Å². The van der Waals surface area contributed by atoms with Crippen molar-refractivity contribution >= 4 is 28.6 Å². The Balaban J connectivity index is 1.73. The van der Waals surface area contributed by atoms with Gasteiger partial charge in [-0.3, -0.25) is 9.59 Å². The third-order valence-corrected chi connectivity index (χ3v) is 4.52. The Labute approximate surface area is 158 Å². The van der Waals surface area contributed by atoms with Gasteiger partial charge in [-0.25, -0.2) is 0 Å². The Bertz CT molecular complexity index is 1070. The fraction of sp³-hybridized carbons (Fsp3) is 0.217. The Morgan fingerprint density at radius 1 is 1.04 bits per heavy atom. The molecular formula is C23H24N2O2. The molecule has 1 amide bonds. The molecule has 0 radical (unpaired) electrons. The highest BCUT2D eigenvalue weighted by atomic mass is 16.1. The maximum atomic E-state index is 12.2. The van der Waals surface area contributed by atoms with Gasteiger partial charge in [0.25, 0.3) is 0 Å². The van der Waals surface area contributed by atoms with Crippen LogP contribution in [0.2, 0.25) is 0 Å². The Morgan fingerprint density at radius 2 is 1.74 bits per heavy atom. The van der Waals surface area contributed by atoms with Gasteiger partial charge in [-0.05, 0) is 47.2 Å². The van der Waals surface area contributed by atoms with E-state index < -0.39 is 0 Å². The molecule has 0 aliphatic heterocycles. The first-order valence-corrected chi connectivity index (χ1v) is 8.96. The highest BCUT2D eigenvalue weighted by molar-refractivity contribution is 6.03. The molecule has 1 aromatic heterocycles. The number of nitrogens with one attached hydrogen (secondary N) is 2. The molecule has 0 saturated carbocycles. The Hall–Kier alpha value is -3.14. The van der Waals surface area contributed by atoms with Crippen molar-refractivity contribution in [2.24, 2.45) is 0 Å². The summed E-state index contributed by atoms with van der Waals surface area (Å²) in [5, 5.41) is 3.79. The second-order valence-corrected chi connectivity index (χ2v) is 7.77. The molecule has 0 unspecified atom stereocenters. The van der Waals surface area contributed by atoms with Gasteiger partial charge in [-0.2, -0.15) is 0 Å². The van der Waals surface area contributed by atoms with Crippen LogP contribution >= 0.6 is 0 Å². The Morgan fingerprint density at radius 3 is 2.41 bits per heavy atom. The van der Waals surface area contributed by atoms with E-state index in [2.05, 4.69) is 43.2 Å². The Kier molecular flexibility index (Phi) is 5.00. The molecule has 4 heteroatoms. The number of amides is 1. The van der Waals surface area contributed by atoms with Gasteiger partial charge in [0.2, 0.25) is 11.5 Å². The van der Waals surface area contributed by atoms with Crippen LogP contribution < -0.4 is 10.9 Å². The van der Waals surface area contributed by atoms with Crippen LogP contribution in [0.25, 0.3) is 17.0 Å². The molecule has 0 aliphatic rings. The van der Waals surface area contributed by atoms with Gasteiger partial charge in [0, 0.05) is 23.2 Å². The minimum absolute atomic E-state index is 0.106. The van der Waals surface area contributed by atoms with E-state index in [1.807, 2.05) is 31.2 Å². The number of pyridine rings is 1. The summed E-state index contributed by atoms with van der Waals surface area (Å²) < 4.78 is 0. The first-order chi connectivity index (χ1) is 12.7. The predicted octanol–water partition coefficient (Wildman–Crippen LogP) is 4.79. The van der Waals surface area contributed by atoms with E-state index in [0.29, 0.717) is 11.2 Å². The van der Waals surface area contributed by atoms with E-state index >= 15 is 0 Å². The lowest BCUT2D eigenvalue weighted by atomic mass is 9.87. The van der Waals surface area contributed by atoms with Crippen LogP contribution in [0.4, 0.5) is 5.69 Å². The zero-order valence-electron chi connectivity index (χ0n) is 16.1. The minimum atomic E-state index is -0.218. The van der Waals surface area contributed by atoms with Crippen molar-refractivity contribution in [3.63, 3.8) is 0 Å². The van der Waals surface area contributed by atoms with Gasteiger partial charge in [0.1, 0.15) is 0 Å². The van der Waals surface area contributed by atoms with Crippen LogP contribution in [-0.4, -0.2) is 10.9 Å². The number of aromatic amines is 1. The van der Waals surface area contributed by atoms with Crippen LogP contribution in [0.15, 0.2) is 59.4 Å². The zero-order chi connectivity index (χ0) is 19.6. The molecule has 2 N–H and O–H groups in total. The fourth-order valence-electron chi connectivity index (χ4n) is 2.96. The number of benzene rings is 2. The van der Waals surface area contributed by atoms with Crippen molar-refractivity contribution in [3.05, 3.63) is 81.7 Å². The molecule has 0 spiro atoms. The van der Waals surface area contributed by atoms with E-state index in [-0.39, 0.29) is 16.9 Å². The number of hydrogen-bond donors (Lipinski definition) is 2. The fourth-order valence-corrected chi connectivity index (χ4v) is 2.96. The van der Waals surface area contributed by atoms with Crippen LogP contribution in [0.3, 0.4) is 0 Å². The number of carbonyl (C=O) groups is 1. The highest BCUT2D eigenvalue weighted by Gasteiger charge is 2.12. The van der Waals surface area contributed by atoms with Gasteiger partial charge in [0.15, 0.2) is 0 Å². The van der Waals surface area contributed by atoms with Crippen molar-refractivity contribution in [2.45, 2.75) is 33.1 Å². The molecule has 27 heavy (non-hydrogen) atoms. The summed E-state index contributed by atoms with van der Waals surface area (Å²) in [6.45, 7) is 8.40. The number of aromatic nitrogens is 1. The molecule has 0 aliphatic carbocycles. The average molecular weight is 360 g/mol. The molecule has 1 heterocycles. The van der Waals surface area contributed by atoms with Crippen molar-refractivity contribution in [1.29, 1.82) is 0 Å². The minimum Gasteiger partial charge on any atom is -0.322 e. The van der Waals surface area contributed by atoms with Crippen molar-refractivity contribution in [1.82, 2.24) is 4.98 Å². The first-order valence-electron chi connectivity index (χ1n) is 8.96. The maximum Gasteiger partial charge on any atom is 0.248 e. The van der Waals surface area contributed by atoms with Crippen LogP contribution in [0.1, 0.15) is 37.5 Å². The lowest BCUT2D eigenvalue weighted by Crippen LogP contribution is -2.10. The van der Waals surface area contributed by atoms with E-state index in [0.717, 1.165) is 16.5 Å². The lowest BCUT2D eigenvalue weighted by Gasteiger charge is -2.18. The van der Waals surface area contributed by atoms with Gasteiger partial charge in [-0.15, -0.1) is 0 Å². The summed E-state index contributed by atoms with van der Waals surface area (Å²) in [5.74, 6) is -0.218. The molecule has 2 aromatic carbocycles. The molecule has 3 aromatic rings. The van der Waals surface area contributed by atoms with Crippen LogP contribution in [0.5, 0.6) is 0 Å². The molecular weight excluding hydrogens is 336 g/mol. The van der Waals surface area contributed by atoms with Gasteiger partial charge in [-0.1, -0.05) is 51.1 Å². The summed E-state index contributed by atoms with van der Waals surface area (Å²) in [7, 11) is 0. The van der Waals surface area contributed by atoms with E-state index in [1.165, 1.54) is 11.6 Å². The highest BCUT2D eigenvalue weighted by Crippen LogP contribution is 2.22. The lowest BCUT2D eigenvalue weighted by molar-refractivity contribution is -0.111.